The van der Waals surface area contributed by atoms with Crippen molar-refractivity contribution in [2.75, 3.05) is 0 Å². The molecule has 3 heteroatoms. The predicted octanol–water partition coefficient (Wildman–Crippen LogP) is 3.24. The normalized spacial score (nSPS) is 25.7. The highest BCUT2D eigenvalue weighted by atomic mass is 15.1. The molecular formula is C16H29N3. The van der Waals surface area contributed by atoms with Crippen molar-refractivity contribution in [3.05, 3.63) is 18.2 Å². The molecular weight excluding hydrogens is 234 g/mol. The van der Waals surface area contributed by atoms with Crippen molar-refractivity contribution >= 4 is 0 Å². The molecule has 2 rings (SSSR count). The fourth-order valence-corrected chi connectivity index (χ4v) is 3.44. The number of hydrogen-bond donors (Lipinski definition) is 1. The SMILES string of the molecule is CCn1ccnc1CC(N)C1CCC(C(C)C)CC1. The summed E-state index contributed by atoms with van der Waals surface area (Å²) < 4.78 is 2.21. The minimum absolute atomic E-state index is 0.279. The van der Waals surface area contributed by atoms with Crippen LogP contribution in [0.4, 0.5) is 0 Å². The van der Waals surface area contributed by atoms with Crippen molar-refractivity contribution in [2.24, 2.45) is 23.5 Å². The highest BCUT2D eigenvalue weighted by molar-refractivity contribution is 4.96. The first-order valence-corrected chi connectivity index (χ1v) is 7.87. The zero-order valence-corrected chi connectivity index (χ0v) is 12.7. The van der Waals surface area contributed by atoms with Crippen LogP contribution >= 0.6 is 0 Å². The van der Waals surface area contributed by atoms with Gasteiger partial charge in [-0.3, -0.25) is 0 Å². The molecule has 1 unspecified atom stereocenters. The summed E-state index contributed by atoms with van der Waals surface area (Å²) in [6.07, 6.45) is 10.2. The van der Waals surface area contributed by atoms with Gasteiger partial charge in [-0.1, -0.05) is 13.8 Å². The van der Waals surface area contributed by atoms with Gasteiger partial charge >= 0.3 is 0 Å². The molecule has 1 aromatic rings. The Morgan fingerprint density at radius 2 is 1.89 bits per heavy atom. The largest absolute Gasteiger partial charge is 0.335 e. The molecule has 19 heavy (non-hydrogen) atoms. The maximum Gasteiger partial charge on any atom is 0.110 e. The summed E-state index contributed by atoms with van der Waals surface area (Å²) in [6, 6.07) is 0.279. The molecule has 1 atom stereocenters. The van der Waals surface area contributed by atoms with Crippen molar-refractivity contribution in [1.82, 2.24) is 9.55 Å². The molecule has 3 nitrogen and oxygen atoms in total. The summed E-state index contributed by atoms with van der Waals surface area (Å²) in [4.78, 5) is 4.45. The molecule has 2 N–H and O–H groups in total. The van der Waals surface area contributed by atoms with Crippen LogP contribution in [0, 0.1) is 17.8 Å². The predicted molar refractivity (Wildman–Crippen MR) is 79.9 cm³/mol. The molecule has 0 radical (unpaired) electrons. The van der Waals surface area contributed by atoms with Crippen LogP contribution in [-0.2, 0) is 13.0 Å². The van der Waals surface area contributed by atoms with Crippen molar-refractivity contribution in [1.29, 1.82) is 0 Å². The van der Waals surface area contributed by atoms with Crippen molar-refractivity contribution in [2.45, 2.75) is 65.5 Å². The zero-order valence-electron chi connectivity index (χ0n) is 12.7. The molecule has 0 bridgehead atoms. The van der Waals surface area contributed by atoms with Gasteiger partial charge in [-0.05, 0) is 50.4 Å². The topological polar surface area (TPSA) is 43.8 Å². The highest BCUT2D eigenvalue weighted by Gasteiger charge is 2.27. The molecule has 1 aliphatic carbocycles. The molecule has 0 amide bonds. The molecule has 0 aromatic carbocycles. The first-order valence-electron chi connectivity index (χ1n) is 7.87. The van der Waals surface area contributed by atoms with E-state index >= 15 is 0 Å². The van der Waals surface area contributed by atoms with E-state index in [1.165, 1.54) is 25.7 Å². The summed E-state index contributed by atoms with van der Waals surface area (Å²) in [5.74, 6) is 3.59. The third-order valence-corrected chi connectivity index (χ3v) is 4.93. The van der Waals surface area contributed by atoms with E-state index < -0.39 is 0 Å². The Morgan fingerprint density at radius 1 is 1.26 bits per heavy atom. The second kappa shape index (κ2) is 6.56. The number of rotatable bonds is 5. The number of aryl methyl sites for hydroxylation is 1. The van der Waals surface area contributed by atoms with Gasteiger partial charge in [-0.2, -0.15) is 0 Å². The standard InChI is InChI=1S/C16H29N3/c1-4-19-10-9-18-16(19)11-15(17)14-7-5-13(6-8-14)12(2)3/h9-10,12-15H,4-8,11,17H2,1-3H3. The Bertz CT molecular complexity index is 375. The maximum atomic E-state index is 6.43. The molecule has 0 aliphatic heterocycles. The van der Waals surface area contributed by atoms with Crippen LogP contribution in [0.25, 0.3) is 0 Å². The molecule has 1 aromatic heterocycles. The smallest absolute Gasteiger partial charge is 0.110 e. The fraction of sp³-hybridized carbons (Fsp3) is 0.812. The first-order chi connectivity index (χ1) is 9.11. The van der Waals surface area contributed by atoms with Crippen LogP contribution < -0.4 is 5.73 Å². The van der Waals surface area contributed by atoms with E-state index in [1.54, 1.807) is 0 Å². The Balaban J connectivity index is 1.86. The second-order valence-electron chi connectivity index (χ2n) is 6.42. The van der Waals surface area contributed by atoms with Crippen LogP contribution in [-0.4, -0.2) is 15.6 Å². The monoisotopic (exact) mass is 263 g/mol. The van der Waals surface area contributed by atoms with Gasteiger partial charge in [0.25, 0.3) is 0 Å². The zero-order chi connectivity index (χ0) is 13.8. The lowest BCUT2D eigenvalue weighted by Gasteiger charge is -2.33. The van der Waals surface area contributed by atoms with Crippen LogP contribution in [0.1, 0.15) is 52.3 Å². The fourth-order valence-electron chi connectivity index (χ4n) is 3.44. The van der Waals surface area contributed by atoms with Gasteiger partial charge < -0.3 is 10.3 Å². The van der Waals surface area contributed by atoms with Crippen LogP contribution in [0.2, 0.25) is 0 Å². The number of imidazole rings is 1. The molecule has 1 aliphatic rings. The molecule has 1 fully saturated rings. The van der Waals surface area contributed by atoms with E-state index in [0.717, 1.165) is 30.6 Å². The van der Waals surface area contributed by atoms with Gasteiger partial charge in [0.2, 0.25) is 0 Å². The Hall–Kier alpha value is -0.830. The van der Waals surface area contributed by atoms with Crippen molar-refractivity contribution in [3.63, 3.8) is 0 Å². The molecule has 1 saturated carbocycles. The summed E-state index contributed by atoms with van der Waals surface area (Å²) in [5.41, 5.74) is 6.43. The Morgan fingerprint density at radius 3 is 2.47 bits per heavy atom. The van der Waals surface area contributed by atoms with E-state index in [9.17, 15) is 0 Å². The van der Waals surface area contributed by atoms with Crippen LogP contribution in [0.15, 0.2) is 12.4 Å². The van der Waals surface area contributed by atoms with Gasteiger partial charge in [0.15, 0.2) is 0 Å². The minimum Gasteiger partial charge on any atom is -0.335 e. The Labute approximate surface area is 117 Å². The number of hydrogen-bond acceptors (Lipinski definition) is 2. The van der Waals surface area contributed by atoms with E-state index in [0.29, 0.717) is 5.92 Å². The van der Waals surface area contributed by atoms with Crippen LogP contribution in [0.5, 0.6) is 0 Å². The molecule has 0 spiro atoms. The molecule has 108 valence electrons. The van der Waals surface area contributed by atoms with Gasteiger partial charge in [0.1, 0.15) is 5.82 Å². The lowest BCUT2D eigenvalue weighted by Crippen LogP contribution is -2.36. The van der Waals surface area contributed by atoms with Gasteiger partial charge in [0.05, 0.1) is 0 Å². The van der Waals surface area contributed by atoms with Gasteiger partial charge in [0, 0.05) is 31.4 Å². The number of nitrogens with two attached hydrogens (primary N) is 1. The van der Waals surface area contributed by atoms with Crippen molar-refractivity contribution in [3.8, 4) is 0 Å². The lowest BCUT2D eigenvalue weighted by molar-refractivity contribution is 0.201. The maximum absolute atomic E-state index is 6.43. The van der Waals surface area contributed by atoms with E-state index in [1.807, 2.05) is 6.20 Å². The minimum atomic E-state index is 0.279. The lowest BCUT2D eigenvalue weighted by atomic mass is 9.74. The van der Waals surface area contributed by atoms with Gasteiger partial charge in [-0.25, -0.2) is 4.98 Å². The van der Waals surface area contributed by atoms with Crippen LogP contribution in [0.3, 0.4) is 0 Å². The quantitative estimate of drug-likeness (QED) is 0.886. The second-order valence-corrected chi connectivity index (χ2v) is 6.42. The summed E-state index contributed by atoms with van der Waals surface area (Å²) in [5, 5.41) is 0. The third-order valence-electron chi connectivity index (χ3n) is 4.93. The molecule has 1 heterocycles. The molecule has 0 saturated heterocycles. The Kier molecular flexibility index (Phi) is 5.03. The van der Waals surface area contributed by atoms with E-state index in [-0.39, 0.29) is 6.04 Å². The average Bonchev–Trinajstić information content (AvgIpc) is 2.86. The average molecular weight is 263 g/mol. The van der Waals surface area contributed by atoms with E-state index in [2.05, 4.69) is 36.5 Å². The summed E-state index contributed by atoms with van der Waals surface area (Å²) in [6.45, 7) is 7.85. The van der Waals surface area contributed by atoms with E-state index in [4.69, 9.17) is 5.73 Å². The van der Waals surface area contributed by atoms with Crippen molar-refractivity contribution < 1.29 is 0 Å². The summed E-state index contributed by atoms with van der Waals surface area (Å²) >= 11 is 0. The highest BCUT2D eigenvalue weighted by Crippen LogP contribution is 2.34. The summed E-state index contributed by atoms with van der Waals surface area (Å²) in [7, 11) is 0. The third kappa shape index (κ3) is 3.59. The number of nitrogens with zero attached hydrogens (tertiary/aromatic N) is 2. The van der Waals surface area contributed by atoms with Gasteiger partial charge in [-0.15, -0.1) is 0 Å². The number of aromatic nitrogens is 2. The first kappa shape index (κ1) is 14.6.